The topological polar surface area (TPSA) is 81.8 Å². The molecule has 0 radical (unpaired) electrons. The molecule has 3 aromatic rings. The average Bonchev–Trinajstić information content (AvgIpc) is 3.13. The highest BCUT2D eigenvalue weighted by Gasteiger charge is 2.11. The van der Waals surface area contributed by atoms with Crippen molar-refractivity contribution >= 4 is 34.0 Å². The van der Waals surface area contributed by atoms with Gasteiger partial charge in [-0.1, -0.05) is 17.7 Å². The number of hydrogen-bond donors (Lipinski definition) is 2. The Morgan fingerprint density at radius 1 is 1.25 bits per heavy atom. The number of guanidine groups is 1. The monoisotopic (exact) mass is 420 g/mol. The molecule has 0 aliphatic carbocycles. The lowest BCUT2D eigenvalue weighted by Gasteiger charge is -2.11. The largest absolute Gasteiger partial charge is 0.496 e. The van der Waals surface area contributed by atoms with Crippen molar-refractivity contribution in [2.75, 3.05) is 19.5 Å². The minimum Gasteiger partial charge on any atom is -0.496 e. The molecule has 146 valence electrons. The first-order valence-electron chi connectivity index (χ1n) is 8.19. The van der Waals surface area contributed by atoms with Crippen molar-refractivity contribution in [2.45, 2.75) is 6.54 Å². The summed E-state index contributed by atoms with van der Waals surface area (Å²) in [6.45, 7) is 0.272. The fourth-order valence-corrected chi connectivity index (χ4v) is 3.53. The highest BCUT2D eigenvalue weighted by Crippen LogP contribution is 2.31. The number of thiazole rings is 1. The SMILES string of the molecule is COc1cccc(OC)c1CN=C(N)Nc1nc(-c2ccc(F)cc2Cl)cs1. The van der Waals surface area contributed by atoms with E-state index < -0.39 is 5.82 Å². The van der Waals surface area contributed by atoms with E-state index in [1.165, 1.54) is 23.5 Å². The number of nitrogens with two attached hydrogens (primary N) is 1. The quantitative estimate of drug-likeness (QED) is 0.451. The number of rotatable bonds is 6. The Kier molecular flexibility index (Phi) is 6.33. The Labute approximate surface area is 170 Å². The van der Waals surface area contributed by atoms with Gasteiger partial charge in [-0.05, 0) is 30.3 Å². The fourth-order valence-electron chi connectivity index (χ4n) is 2.55. The Morgan fingerprint density at radius 2 is 1.96 bits per heavy atom. The molecule has 1 heterocycles. The van der Waals surface area contributed by atoms with Gasteiger partial charge in [0.2, 0.25) is 0 Å². The summed E-state index contributed by atoms with van der Waals surface area (Å²) in [4.78, 5) is 8.76. The first-order valence-corrected chi connectivity index (χ1v) is 9.45. The smallest absolute Gasteiger partial charge is 0.195 e. The molecule has 0 saturated heterocycles. The summed E-state index contributed by atoms with van der Waals surface area (Å²) < 4.78 is 23.9. The van der Waals surface area contributed by atoms with Crippen molar-refractivity contribution < 1.29 is 13.9 Å². The van der Waals surface area contributed by atoms with Crippen LogP contribution in [0.1, 0.15) is 5.56 Å². The second-order valence-corrected chi connectivity index (χ2v) is 6.89. The molecule has 9 heteroatoms. The number of benzene rings is 2. The zero-order valence-electron chi connectivity index (χ0n) is 15.2. The zero-order valence-corrected chi connectivity index (χ0v) is 16.8. The number of nitrogens with one attached hydrogen (secondary N) is 1. The molecule has 6 nitrogen and oxygen atoms in total. The molecule has 2 aromatic carbocycles. The van der Waals surface area contributed by atoms with E-state index in [2.05, 4.69) is 15.3 Å². The van der Waals surface area contributed by atoms with Gasteiger partial charge in [-0.3, -0.25) is 0 Å². The number of aliphatic imine (C=N–C) groups is 1. The number of hydrogen-bond acceptors (Lipinski definition) is 5. The van der Waals surface area contributed by atoms with Crippen molar-refractivity contribution in [3.05, 3.63) is 58.2 Å². The molecule has 0 spiro atoms. The van der Waals surface area contributed by atoms with E-state index >= 15 is 0 Å². The third-order valence-corrected chi connectivity index (χ3v) is 4.95. The third kappa shape index (κ3) is 4.52. The van der Waals surface area contributed by atoms with E-state index in [1.54, 1.807) is 25.7 Å². The molecule has 1 aromatic heterocycles. The van der Waals surface area contributed by atoms with E-state index in [0.717, 1.165) is 5.56 Å². The van der Waals surface area contributed by atoms with Crippen LogP contribution in [0.25, 0.3) is 11.3 Å². The second kappa shape index (κ2) is 8.90. The minimum absolute atomic E-state index is 0.194. The molecule has 3 N–H and O–H groups in total. The molecule has 28 heavy (non-hydrogen) atoms. The fraction of sp³-hybridized carbons (Fsp3) is 0.158. The number of anilines is 1. The molecule has 0 aliphatic rings. The van der Waals surface area contributed by atoms with Crippen LogP contribution in [0.15, 0.2) is 46.8 Å². The Morgan fingerprint density at radius 3 is 2.61 bits per heavy atom. The van der Waals surface area contributed by atoms with E-state index in [1.807, 2.05) is 18.2 Å². The van der Waals surface area contributed by atoms with Gasteiger partial charge in [-0.2, -0.15) is 0 Å². The molecular formula is C19H18ClFN4O2S. The van der Waals surface area contributed by atoms with E-state index in [9.17, 15) is 4.39 Å². The van der Waals surface area contributed by atoms with Gasteiger partial charge in [-0.15, -0.1) is 11.3 Å². The second-order valence-electron chi connectivity index (χ2n) is 5.63. The maximum Gasteiger partial charge on any atom is 0.195 e. The maximum absolute atomic E-state index is 13.2. The highest BCUT2D eigenvalue weighted by atomic mass is 35.5. The number of aromatic nitrogens is 1. The summed E-state index contributed by atoms with van der Waals surface area (Å²) in [6.07, 6.45) is 0. The molecular weight excluding hydrogens is 403 g/mol. The van der Waals surface area contributed by atoms with Crippen LogP contribution < -0.4 is 20.5 Å². The Bertz CT molecular complexity index is 987. The normalized spacial score (nSPS) is 11.4. The van der Waals surface area contributed by atoms with Crippen molar-refractivity contribution in [2.24, 2.45) is 10.7 Å². The van der Waals surface area contributed by atoms with Crippen molar-refractivity contribution in [1.29, 1.82) is 0 Å². The molecule has 3 rings (SSSR count). The number of nitrogens with zero attached hydrogens (tertiary/aromatic N) is 2. The third-order valence-electron chi connectivity index (χ3n) is 3.88. The van der Waals surface area contributed by atoms with Gasteiger partial charge < -0.3 is 20.5 Å². The van der Waals surface area contributed by atoms with Crippen LogP contribution in [0.2, 0.25) is 5.02 Å². The van der Waals surface area contributed by atoms with Crippen molar-refractivity contribution in [3.63, 3.8) is 0 Å². The van der Waals surface area contributed by atoms with Gasteiger partial charge in [0.05, 0.1) is 37.0 Å². The predicted molar refractivity (Wildman–Crippen MR) is 111 cm³/mol. The van der Waals surface area contributed by atoms with Crippen molar-refractivity contribution in [1.82, 2.24) is 4.98 Å². The van der Waals surface area contributed by atoms with Gasteiger partial charge in [0, 0.05) is 10.9 Å². The molecule has 0 saturated carbocycles. The van der Waals surface area contributed by atoms with Crippen LogP contribution in [-0.2, 0) is 6.54 Å². The van der Waals surface area contributed by atoms with E-state index in [4.69, 9.17) is 26.8 Å². The molecule has 0 bridgehead atoms. The van der Waals surface area contributed by atoms with Gasteiger partial charge >= 0.3 is 0 Å². The number of methoxy groups -OCH3 is 2. The molecule has 0 atom stereocenters. The van der Waals surface area contributed by atoms with E-state index in [-0.39, 0.29) is 12.5 Å². The molecule has 0 amide bonds. The maximum atomic E-state index is 13.2. The van der Waals surface area contributed by atoms with Crippen LogP contribution in [-0.4, -0.2) is 25.2 Å². The Balaban J connectivity index is 1.74. The van der Waals surface area contributed by atoms with Gasteiger partial charge in [0.1, 0.15) is 17.3 Å². The van der Waals surface area contributed by atoms with Crippen LogP contribution >= 0.6 is 22.9 Å². The lowest BCUT2D eigenvalue weighted by molar-refractivity contribution is 0.385. The zero-order chi connectivity index (χ0) is 20.1. The van der Waals surface area contributed by atoms with Crippen LogP contribution in [0.4, 0.5) is 9.52 Å². The first-order chi connectivity index (χ1) is 13.5. The summed E-state index contributed by atoms with van der Waals surface area (Å²) >= 11 is 7.42. The minimum atomic E-state index is -0.398. The van der Waals surface area contributed by atoms with Gasteiger partial charge in [0.15, 0.2) is 11.1 Å². The number of halogens is 2. The summed E-state index contributed by atoms with van der Waals surface area (Å²) in [5, 5.41) is 5.59. The predicted octanol–water partition coefficient (Wildman–Crippen LogP) is 4.55. The molecule has 0 unspecified atom stereocenters. The average molecular weight is 421 g/mol. The number of ether oxygens (including phenoxy) is 2. The van der Waals surface area contributed by atoms with Crippen LogP contribution in [0.3, 0.4) is 0 Å². The highest BCUT2D eigenvalue weighted by molar-refractivity contribution is 7.14. The van der Waals surface area contributed by atoms with Gasteiger partial charge in [0.25, 0.3) is 0 Å². The summed E-state index contributed by atoms with van der Waals surface area (Å²) in [5.74, 6) is 1.13. The lowest BCUT2D eigenvalue weighted by atomic mass is 10.2. The molecule has 0 fully saturated rings. The molecule has 0 aliphatic heterocycles. The summed E-state index contributed by atoms with van der Waals surface area (Å²) in [7, 11) is 3.17. The van der Waals surface area contributed by atoms with Crippen molar-refractivity contribution in [3.8, 4) is 22.8 Å². The van der Waals surface area contributed by atoms with Crippen LogP contribution in [0.5, 0.6) is 11.5 Å². The lowest BCUT2D eigenvalue weighted by Crippen LogP contribution is -2.22. The summed E-state index contributed by atoms with van der Waals surface area (Å²) in [6, 6.07) is 9.67. The van der Waals surface area contributed by atoms with E-state index in [0.29, 0.717) is 32.9 Å². The Hall–Kier alpha value is -2.84. The standard InChI is InChI=1S/C19H18ClFN4O2S/c1-26-16-4-3-5-17(27-2)13(16)9-23-18(22)25-19-24-15(10-28-19)12-7-6-11(21)8-14(12)20/h3-8,10H,9H2,1-2H3,(H3,22,23,24,25). The van der Waals surface area contributed by atoms with Gasteiger partial charge in [-0.25, -0.2) is 14.4 Å². The summed E-state index contributed by atoms with van der Waals surface area (Å²) in [5.41, 5.74) is 8.03. The van der Waals surface area contributed by atoms with Crippen LogP contribution in [0, 0.1) is 5.82 Å². The first kappa shape index (κ1) is 19.9.